The van der Waals surface area contributed by atoms with Crippen molar-refractivity contribution in [2.75, 3.05) is 30.0 Å². The van der Waals surface area contributed by atoms with Crippen molar-refractivity contribution in [2.24, 2.45) is 5.92 Å². The summed E-state index contributed by atoms with van der Waals surface area (Å²) in [5.41, 5.74) is 1.41. The van der Waals surface area contributed by atoms with E-state index in [0.717, 1.165) is 30.9 Å². The van der Waals surface area contributed by atoms with Gasteiger partial charge in [0, 0.05) is 31.1 Å². The number of para-hydroxylation sites is 1. The largest absolute Gasteiger partial charge is 0.507 e. The predicted molar refractivity (Wildman–Crippen MR) is 98.5 cm³/mol. The molecule has 0 saturated carbocycles. The summed E-state index contributed by atoms with van der Waals surface area (Å²) in [6, 6.07) is 8.91. The third-order valence-electron chi connectivity index (χ3n) is 4.37. The zero-order valence-electron chi connectivity index (χ0n) is 14.5. The lowest BCUT2D eigenvalue weighted by molar-refractivity contribution is 0.442. The van der Waals surface area contributed by atoms with Crippen molar-refractivity contribution in [1.29, 1.82) is 0 Å². The molecule has 0 amide bonds. The van der Waals surface area contributed by atoms with Crippen LogP contribution in [0.2, 0.25) is 0 Å². The third kappa shape index (κ3) is 4.48. The minimum atomic E-state index is -2.99. The zero-order chi connectivity index (χ0) is 18.0. The van der Waals surface area contributed by atoms with E-state index in [0.29, 0.717) is 17.9 Å². The third-order valence-corrected chi connectivity index (χ3v) is 5.44. The van der Waals surface area contributed by atoms with E-state index in [4.69, 9.17) is 0 Å². The summed E-state index contributed by atoms with van der Waals surface area (Å²) < 4.78 is 23.2. The molecule has 1 aromatic heterocycles. The molecule has 7 heteroatoms. The number of sulfone groups is 1. The second kappa shape index (κ2) is 7.00. The lowest BCUT2D eigenvalue weighted by Gasteiger charge is -2.33. The highest BCUT2D eigenvalue weighted by molar-refractivity contribution is 7.90. The fraction of sp³-hybridized carbons (Fsp3) is 0.444. The van der Waals surface area contributed by atoms with Crippen molar-refractivity contribution in [1.82, 2.24) is 9.97 Å². The molecule has 0 spiro atoms. The van der Waals surface area contributed by atoms with Gasteiger partial charge in [-0.05, 0) is 37.8 Å². The smallest absolute Gasteiger partial charge is 0.165 e. The van der Waals surface area contributed by atoms with Crippen LogP contribution in [0.4, 0.5) is 5.82 Å². The second-order valence-corrected chi connectivity index (χ2v) is 8.94. The van der Waals surface area contributed by atoms with Gasteiger partial charge in [-0.25, -0.2) is 18.4 Å². The van der Waals surface area contributed by atoms with E-state index in [2.05, 4.69) is 14.9 Å². The molecule has 1 N–H and O–H groups in total. The minimum Gasteiger partial charge on any atom is -0.507 e. The lowest BCUT2D eigenvalue weighted by Crippen LogP contribution is -2.38. The fourth-order valence-electron chi connectivity index (χ4n) is 3.33. The number of anilines is 1. The van der Waals surface area contributed by atoms with Crippen LogP contribution in [0.15, 0.2) is 30.3 Å². The van der Waals surface area contributed by atoms with Gasteiger partial charge in [-0.1, -0.05) is 12.1 Å². The van der Waals surface area contributed by atoms with Crippen LogP contribution < -0.4 is 4.90 Å². The number of hydrogen-bond donors (Lipinski definition) is 1. The van der Waals surface area contributed by atoms with Gasteiger partial charge in [-0.3, -0.25) is 0 Å². The van der Waals surface area contributed by atoms with E-state index in [1.165, 1.54) is 6.26 Å². The number of hydrogen-bond acceptors (Lipinski definition) is 6. The standard InChI is InChI=1S/C18H23N3O3S/c1-13-10-17(20-18(19-13)15-7-3-4-8-16(15)22)21-9-5-6-14(11-21)12-25(2,23)24/h3-4,7-8,10,14,22H,5-6,9,11-12H2,1-2H3. The van der Waals surface area contributed by atoms with Gasteiger partial charge in [0.05, 0.1) is 11.3 Å². The van der Waals surface area contributed by atoms with E-state index in [-0.39, 0.29) is 17.4 Å². The Labute approximate surface area is 148 Å². The van der Waals surface area contributed by atoms with Crippen molar-refractivity contribution < 1.29 is 13.5 Å². The van der Waals surface area contributed by atoms with Crippen molar-refractivity contribution in [3.63, 3.8) is 0 Å². The Morgan fingerprint density at radius 3 is 2.76 bits per heavy atom. The molecule has 2 aromatic rings. The van der Waals surface area contributed by atoms with Gasteiger partial charge in [-0.15, -0.1) is 0 Å². The molecule has 1 atom stereocenters. The Kier molecular flexibility index (Phi) is 4.94. The first-order chi connectivity index (χ1) is 11.8. The average Bonchev–Trinajstić information content (AvgIpc) is 2.53. The van der Waals surface area contributed by atoms with Crippen LogP contribution in [0, 0.1) is 12.8 Å². The van der Waals surface area contributed by atoms with Crippen molar-refractivity contribution >= 4 is 15.7 Å². The maximum Gasteiger partial charge on any atom is 0.165 e. The Morgan fingerprint density at radius 1 is 1.28 bits per heavy atom. The number of piperidine rings is 1. The van der Waals surface area contributed by atoms with E-state index in [9.17, 15) is 13.5 Å². The predicted octanol–water partition coefficient (Wildman–Crippen LogP) is 2.42. The van der Waals surface area contributed by atoms with Gasteiger partial charge in [0.15, 0.2) is 5.82 Å². The number of phenols is 1. The molecule has 2 heterocycles. The number of aryl methyl sites for hydroxylation is 1. The maximum absolute atomic E-state index is 11.6. The topological polar surface area (TPSA) is 83.4 Å². The molecule has 1 aliphatic heterocycles. The highest BCUT2D eigenvalue weighted by Crippen LogP contribution is 2.29. The van der Waals surface area contributed by atoms with Crippen LogP contribution in [-0.2, 0) is 9.84 Å². The summed E-state index contributed by atoms with van der Waals surface area (Å²) in [5.74, 6) is 1.74. The van der Waals surface area contributed by atoms with Crippen molar-refractivity contribution in [3.05, 3.63) is 36.0 Å². The van der Waals surface area contributed by atoms with E-state index < -0.39 is 9.84 Å². The van der Waals surface area contributed by atoms with E-state index in [1.807, 2.05) is 19.1 Å². The summed E-state index contributed by atoms with van der Waals surface area (Å²) in [6.45, 7) is 3.41. The molecule has 1 aromatic carbocycles. The summed E-state index contributed by atoms with van der Waals surface area (Å²) in [5, 5.41) is 10.1. The quantitative estimate of drug-likeness (QED) is 0.900. The molecular weight excluding hydrogens is 338 g/mol. The first-order valence-electron chi connectivity index (χ1n) is 8.38. The number of aromatic hydroxyl groups is 1. The monoisotopic (exact) mass is 361 g/mol. The Hall–Kier alpha value is -2.15. The number of phenolic OH excluding ortho intramolecular Hbond substituents is 1. The summed E-state index contributed by atoms with van der Waals surface area (Å²) in [7, 11) is -2.99. The highest BCUT2D eigenvalue weighted by atomic mass is 32.2. The average molecular weight is 361 g/mol. The Morgan fingerprint density at radius 2 is 2.04 bits per heavy atom. The highest BCUT2D eigenvalue weighted by Gasteiger charge is 2.24. The molecule has 6 nitrogen and oxygen atoms in total. The SMILES string of the molecule is Cc1cc(N2CCCC(CS(C)(=O)=O)C2)nc(-c2ccccc2O)n1. The Balaban J connectivity index is 1.89. The van der Waals surface area contributed by atoms with Gasteiger partial charge in [0.25, 0.3) is 0 Å². The number of rotatable bonds is 4. The molecule has 25 heavy (non-hydrogen) atoms. The molecule has 3 rings (SSSR count). The molecule has 1 aliphatic rings. The summed E-state index contributed by atoms with van der Waals surface area (Å²) in [4.78, 5) is 11.2. The van der Waals surface area contributed by atoms with Crippen molar-refractivity contribution in [2.45, 2.75) is 19.8 Å². The van der Waals surface area contributed by atoms with E-state index >= 15 is 0 Å². The fourth-order valence-corrected chi connectivity index (χ4v) is 4.46. The Bertz CT molecular complexity index is 868. The van der Waals surface area contributed by atoms with Crippen LogP contribution in [-0.4, -0.2) is 48.6 Å². The van der Waals surface area contributed by atoms with Crippen LogP contribution in [0.25, 0.3) is 11.4 Å². The van der Waals surface area contributed by atoms with Crippen LogP contribution in [0.3, 0.4) is 0 Å². The summed E-state index contributed by atoms with van der Waals surface area (Å²) in [6.07, 6.45) is 3.15. The number of benzene rings is 1. The molecule has 0 radical (unpaired) electrons. The molecule has 134 valence electrons. The molecular formula is C18H23N3O3S. The normalized spacial score (nSPS) is 18.3. The van der Waals surface area contributed by atoms with Crippen molar-refractivity contribution in [3.8, 4) is 17.1 Å². The van der Waals surface area contributed by atoms with E-state index in [1.54, 1.807) is 18.2 Å². The lowest BCUT2D eigenvalue weighted by atomic mass is 10.00. The van der Waals surface area contributed by atoms with Crippen LogP contribution in [0.1, 0.15) is 18.5 Å². The first kappa shape index (κ1) is 17.7. The first-order valence-corrected chi connectivity index (χ1v) is 10.4. The van der Waals surface area contributed by atoms with Gasteiger partial charge in [0.2, 0.25) is 0 Å². The zero-order valence-corrected chi connectivity index (χ0v) is 15.3. The second-order valence-electron chi connectivity index (χ2n) is 6.75. The number of nitrogens with zero attached hydrogens (tertiary/aromatic N) is 3. The van der Waals surface area contributed by atoms with Gasteiger partial charge in [0.1, 0.15) is 21.4 Å². The molecule has 1 unspecified atom stereocenters. The molecule has 1 fully saturated rings. The van der Waals surface area contributed by atoms with Gasteiger partial charge < -0.3 is 10.0 Å². The van der Waals surface area contributed by atoms with Crippen LogP contribution >= 0.6 is 0 Å². The maximum atomic E-state index is 11.6. The molecule has 0 aliphatic carbocycles. The molecule has 0 bridgehead atoms. The van der Waals surface area contributed by atoms with Gasteiger partial charge in [-0.2, -0.15) is 0 Å². The summed E-state index contributed by atoms with van der Waals surface area (Å²) >= 11 is 0. The van der Waals surface area contributed by atoms with Crippen LogP contribution in [0.5, 0.6) is 5.75 Å². The van der Waals surface area contributed by atoms with Gasteiger partial charge >= 0.3 is 0 Å². The number of aromatic nitrogens is 2. The molecule has 1 saturated heterocycles. The minimum absolute atomic E-state index is 0.118.